The van der Waals surface area contributed by atoms with E-state index in [2.05, 4.69) is 154 Å². The van der Waals surface area contributed by atoms with E-state index < -0.39 is 31.3 Å². The number of benzene rings is 4. The van der Waals surface area contributed by atoms with Crippen LogP contribution in [-0.2, 0) is 34.1 Å². The third-order valence-electron chi connectivity index (χ3n) is 11.6. The van der Waals surface area contributed by atoms with Crippen molar-refractivity contribution < 1.29 is 48.0 Å². The van der Waals surface area contributed by atoms with Crippen molar-refractivity contribution in [3.8, 4) is 22.3 Å². The number of rotatable bonds is 4. The summed E-state index contributed by atoms with van der Waals surface area (Å²) in [4.78, 5) is 0. The van der Waals surface area contributed by atoms with Crippen LogP contribution in [0.2, 0.25) is 12.1 Å². The molecule has 0 saturated carbocycles. The normalized spacial score (nSPS) is 18.9. The molecule has 0 radical (unpaired) electrons. The van der Waals surface area contributed by atoms with Gasteiger partial charge >= 0.3 is 293 Å². The van der Waals surface area contributed by atoms with Crippen molar-refractivity contribution >= 4 is 18.5 Å². The van der Waals surface area contributed by atoms with E-state index in [4.69, 9.17) is 0 Å². The van der Waals surface area contributed by atoms with Gasteiger partial charge in [-0.3, -0.25) is 0 Å². The molecule has 0 spiro atoms. The molecule has 4 bridgehead atoms. The number of allylic oxidation sites excluding steroid dienone is 2. The Kier molecular flexibility index (Phi) is 10.3. The van der Waals surface area contributed by atoms with E-state index in [9.17, 15) is 0 Å². The standard InChI is InChI=1S/C44H50Si.2ClH.Zr/c1-11-45(12-2,41-29(3)27-33-15-13-17-37(39(33)41)31-19-23-35(24-20-31)43(5,6)7)42-30(4)28-34-16-14-18-38(40(34)42)32-21-25-36(26-22-32)44(8,9)10;;;/h13-28H,11-12H2,1-10H3;2*1H;/q;;;+2/p-2. The second-order valence-corrected chi connectivity index (χ2v) is 24.4. The molecule has 3 aliphatic rings. The second kappa shape index (κ2) is 13.3. The zero-order valence-electron chi connectivity index (χ0n) is 30.4. The monoisotopic (exact) mass is 766 g/mol. The Bertz CT molecular complexity index is 1780. The Balaban J connectivity index is 0.00000225. The first-order valence-electron chi connectivity index (χ1n) is 17.5. The molecular weight excluding hydrogens is 719 g/mol. The van der Waals surface area contributed by atoms with Crippen molar-refractivity contribution in [2.75, 3.05) is 0 Å². The van der Waals surface area contributed by atoms with Crippen LogP contribution in [0.5, 0.6) is 0 Å². The van der Waals surface area contributed by atoms with E-state index in [0.29, 0.717) is 7.25 Å². The molecule has 1 aliphatic heterocycles. The number of hydrogen-bond acceptors (Lipinski definition) is 0. The van der Waals surface area contributed by atoms with Gasteiger partial charge in [0.05, 0.1) is 0 Å². The molecule has 248 valence electrons. The van der Waals surface area contributed by atoms with Gasteiger partial charge in [0, 0.05) is 0 Å². The van der Waals surface area contributed by atoms with Crippen molar-refractivity contribution in [3.63, 3.8) is 0 Å². The molecule has 0 fully saturated rings. The molecule has 4 heteroatoms. The smallest absolute Gasteiger partial charge is 1.00 e. The Morgan fingerprint density at radius 3 is 1.21 bits per heavy atom. The van der Waals surface area contributed by atoms with Crippen molar-refractivity contribution in [2.24, 2.45) is 0 Å². The maximum Gasteiger partial charge on any atom is -1.00 e. The molecule has 0 nitrogen and oxygen atoms in total. The van der Waals surface area contributed by atoms with Crippen LogP contribution >= 0.6 is 0 Å². The van der Waals surface area contributed by atoms with Crippen LogP contribution in [0.4, 0.5) is 0 Å². The molecule has 2 unspecified atom stereocenters. The predicted molar refractivity (Wildman–Crippen MR) is 199 cm³/mol. The molecule has 4 aromatic carbocycles. The molecule has 0 amide bonds. The number of fused-ring (bicyclic) bond motifs is 8. The van der Waals surface area contributed by atoms with Gasteiger partial charge in [-0.1, -0.05) is 0 Å². The average molecular weight is 769 g/mol. The summed E-state index contributed by atoms with van der Waals surface area (Å²) < 4.78 is 1.30. The van der Waals surface area contributed by atoms with Crippen LogP contribution in [0.15, 0.2) is 96.1 Å². The summed E-state index contributed by atoms with van der Waals surface area (Å²) in [7, 11) is -2.14. The van der Waals surface area contributed by atoms with Gasteiger partial charge in [-0.25, -0.2) is 0 Å². The van der Waals surface area contributed by atoms with Gasteiger partial charge in [0.1, 0.15) is 0 Å². The first-order chi connectivity index (χ1) is 21.8. The Hall–Kier alpha value is -1.96. The maximum absolute atomic E-state index is 2.55. The van der Waals surface area contributed by atoms with Gasteiger partial charge in [0.2, 0.25) is 0 Å². The van der Waals surface area contributed by atoms with Crippen molar-refractivity contribution in [2.45, 2.75) is 99.4 Å². The van der Waals surface area contributed by atoms with Gasteiger partial charge in [-0.15, -0.1) is 0 Å². The van der Waals surface area contributed by atoms with Crippen LogP contribution in [0.1, 0.15) is 110 Å². The molecule has 0 saturated heterocycles. The minimum atomic E-state index is -2.14. The van der Waals surface area contributed by atoms with E-state index in [1.54, 1.807) is 43.8 Å². The van der Waals surface area contributed by atoms with E-state index in [1.807, 2.05) is 0 Å². The van der Waals surface area contributed by atoms with Gasteiger partial charge in [-0.05, 0) is 0 Å². The van der Waals surface area contributed by atoms with Crippen molar-refractivity contribution in [3.05, 3.63) is 129 Å². The molecule has 7 rings (SSSR count). The molecule has 0 N–H and O–H groups in total. The summed E-state index contributed by atoms with van der Waals surface area (Å²) in [6, 6.07) is 36.2. The zero-order chi connectivity index (χ0) is 32.8. The van der Waals surface area contributed by atoms with Crippen molar-refractivity contribution in [1.82, 2.24) is 0 Å². The SMILES string of the molecule is CC[Si]1(CC)C2=C(C)[CH]([Zr+2][CH]3C(C)=C1c1c(-c4ccc(C(C)(C)C)cc4)cccc13)c1cccc(-c3ccc(C(C)(C)C)cc3)c12.[Cl-].[Cl-]. The number of hydrogen-bond donors (Lipinski definition) is 0. The molecule has 0 aromatic heterocycles. The third-order valence-corrected chi connectivity index (χ3v) is 22.5. The Morgan fingerprint density at radius 2 is 0.896 bits per heavy atom. The van der Waals surface area contributed by atoms with Crippen LogP contribution in [-0.4, -0.2) is 8.07 Å². The summed E-state index contributed by atoms with van der Waals surface area (Å²) in [6.45, 7) is 24.1. The minimum Gasteiger partial charge on any atom is -1.00 e. The summed E-state index contributed by atoms with van der Waals surface area (Å²) in [5, 5.41) is 3.60. The summed E-state index contributed by atoms with van der Waals surface area (Å²) in [5.74, 6) is 0. The Labute approximate surface area is 315 Å². The van der Waals surface area contributed by atoms with Crippen LogP contribution in [0.25, 0.3) is 32.6 Å². The fourth-order valence-corrected chi connectivity index (χ4v) is 20.0. The van der Waals surface area contributed by atoms with E-state index in [-0.39, 0.29) is 35.6 Å². The summed E-state index contributed by atoms with van der Waals surface area (Å²) in [6.07, 6.45) is 0. The molecule has 48 heavy (non-hydrogen) atoms. The average Bonchev–Trinajstić information content (AvgIpc) is 3.50. The molecule has 1 heterocycles. The first-order valence-corrected chi connectivity index (χ1v) is 22.7. The first kappa shape index (κ1) is 37.3. The zero-order valence-corrected chi connectivity index (χ0v) is 35.4. The van der Waals surface area contributed by atoms with E-state index >= 15 is 0 Å². The van der Waals surface area contributed by atoms with Gasteiger partial charge < -0.3 is 24.8 Å². The van der Waals surface area contributed by atoms with Gasteiger partial charge in [0.15, 0.2) is 0 Å². The van der Waals surface area contributed by atoms with E-state index in [0.717, 1.165) is 0 Å². The van der Waals surface area contributed by atoms with Crippen LogP contribution in [0, 0.1) is 0 Å². The van der Waals surface area contributed by atoms with E-state index in [1.165, 1.54) is 45.5 Å². The molecular formula is C44H50Cl2SiZr. The van der Waals surface area contributed by atoms with Gasteiger partial charge in [0.25, 0.3) is 0 Å². The van der Waals surface area contributed by atoms with Gasteiger partial charge in [-0.2, -0.15) is 0 Å². The fourth-order valence-electron chi connectivity index (χ4n) is 9.02. The van der Waals surface area contributed by atoms with Crippen molar-refractivity contribution in [1.29, 1.82) is 0 Å². The Morgan fingerprint density at radius 1 is 0.542 bits per heavy atom. The molecule has 2 atom stereocenters. The third kappa shape index (κ3) is 5.66. The fraction of sp³-hybridized carbons (Fsp3) is 0.364. The topological polar surface area (TPSA) is 0 Å². The quantitative estimate of drug-likeness (QED) is 0.205. The predicted octanol–water partition coefficient (Wildman–Crippen LogP) is 6.64. The van der Waals surface area contributed by atoms with Crippen LogP contribution < -0.4 is 24.8 Å². The second-order valence-electron chi connectivity index (χ2n) is 16.1. The summed E-state index contributed by atoms with van der Waals surface area (Å²) in [5.41, 5.74) is 18.9. The molecule has 4 aromatic rings. The minimum absolute atomic E-state index is 0. The molecule has 2 aliphatic carbocycles. The summed E-state index contributed by atoms with van der Waals surface area (Å²) >= 11 is -0.933. The maximum atomic E-state index is 2.55. The van der Waals surface area contributed by atoms with Crippen LogP contribution in [0.3, 0.4) is 0 Å². The largest absolute Gasteiger partial charge is 1.00 e. The number of halogens is 2.